The molecule has 0 saturated heterocycles. The molecule has 0 bridgehead atoms. The van der Waals surface area contributed by atoms with E-state index in [-0.39, 0.29) is 18.6 Å². The third kappa shape index (κ3) is 3.00. The maximum Gasteiger partial charge on any atom is 0.316 e. The molecule has 0 atom stereocenters. The van der Waals surface area contributed by atoms with E-state index in [0.29, 0.717) is 45.8 Å². The van der Waals surface area contributed by atoms with Gasteiger partial charge in [0.15, 0.2) is 23.0 Å². The summed E-state index contributed by atoms with van der Waals surface area (Å²) in [6.45, 7) is 0.192. The summed E-state index contributed by atoms with van der Waals surface area (Å²) < 4.78 is 31.8. The van der Waals surface area contributed by atoms with Crippen LogP contribution < -0.4 is 18.9 Å². The number of fused-ring (bicyclic) bond motifs is 1. The summed E-state index contributed by atoms with van der Waals surface area (Å²) in [4.78, 5) is 8.66. The number of hydrogen-bond donors (Lipinski definition) is 0. The summed E-state index contributed by atoms with van der Waals surface area (Å²) >= 11 is 0. The maximum atomic E-state index is 5.37. The van der Waals surface area contributed by atoms with Gasteiger partial charge in [-0.3, -0.25) is 0 Å². The number of hydrogen-bond acceptors (Lipinski definition) is 10. The molecular formula is C19H14N4O6. The van der Waals surface area contributed by atoms with Gasteiger partial charge in [0.05, 0.1) is 14.2 Å². The first-order chi connectivity index (χ1) is 14.2. The van der Waals surface area contributed by atoms with Crippen LogP contribution in [0, 0.1) is 0 Å². The van der Waals surface area contributed by atoms with Crippen molar-refractivity contribution in [1.82, 2.24) is 20.3 Å². The third-order valence-corrected chi connectivity index (χ3v) is 4.31. The highest BCUT2D eigenvalue weighted by Gasteiger charge is 2.21. The first kappa shape index (κ1) is 17.0. The molecule has 3 heterocycles. The molecule has 0 aliphatic carbocycles. The summed E-state index contributed by atoms with van der Waals surface area (Å²) in [6, 6.07) is 10.7. The Hall–Kier alpha value is -4.08. The Labute approximate surface area is 164 Å². The maximum absolute atomic E-state index is 5.37. The van der Waals surface area contributed by atoms with Crippen LogP contribution in [0.4, 0.5) is 0 Å². The minimum atomic E-state index is 0.106. The van der Waals surface area contributed by atoms with Gasteiger partial charge >= 0.3 is 11.8 Å². The molecule has 4 aromatic rings. The molecule has 0 saturated carbocycles. The van der Waals surface area contributed by atoms with Crippen LogP contribution in [0.15, 0.2) is 45.4 Å². The van der Waals surface area contributed by atoms with Crippen LogP contribution in [0.1, 0.15) is 0 Å². The number of rotatable bonds is 5. The van der Waals surface area contributed by atoms with Gasteiger partial charge in [-0.2, -0.15) is 9.97 Å². The van der Waals surface area contributed by atoms with E-state index < -0.39 is 0 Å². The van der Waals surface area contributed by atoms with Gasteiger partial charge in [-0.05, 0) is 36.4 Å². The predicted octanol–water partition coefficient (Wildman–Crippen LogP) is 3.20. The van der Waals surface area contributed by atoms with Crippen molar-refractivity contribution in [2.45, 2.75) is 0 Å². The van der Waals surface area contributed by atoms with E-state index in [1.807, 2.05) is 6.07 Å². The first-order valence-electron chi connectivity index (χ1n) is 8.55. The second-order valence-corrected chi connectivity index (χ2v) is 5.98. The molecular weight excluding hydrogens is 380 g/mol. The molecule has 0 amide bonds. The summed E-state index contributed by atoms with van der Waals surface area (Å²) in [5.74, 6) is 3.39. The topological polar surface area (TPSA) is 115 Å². The van der Waals surface area contributed by atoms with E-state index in [1.54, 1.807) is 44.6 Å². The minimum absolute atomic E-state index is 0.106. The Bertz CT molecular complexity index is 1190. The highest BCUT2D eigenvalue weighted by atomic mass is 16.7. The van der Waals surface area contributed by atoms with Crippen LogP contribution >= 0.6 is 0 Å². The molecule has 0 fully saturated rings. The van der Waals surface area contributed by atoms with Gasteiger partial charge in [-0.1, -0.05) is 10.3 Å². The Morgan fingerprint density at radius 3 is 2.03 bits per heavy atom. The molecule has 2 aromatic carbocycles. The number of nitrogens with zero attached hydrogens (tertiary/aromatic N) is 4. The van der Waals surface area contributed by atoms with E-state index in [0.717, 1.165) is 0 Å². The molecule has 10 heteroatoms. The Morgan fingerprint density at radius 2 is 1.34 bits per heavy atom. The van der Waals surface area contributed by atoms with Crippen molar-refractivity contribution in [3.63, 3.8) is 0 Å². The van der Waals surface area contributed by atoms with Gasteiger partial charge < -0.3 is 28.0 Å². The SMILES string of the molecule is COc1ccc(-c2noc(-c3nc(-c4ccc5c(c4)OCO5)no3)n2)cc1OC. The molecule has 0 radical (unpaired) electrons. The lowest BCUT2D eigenvalue weighted by molar-refractivity contribution is 0.174. The molecule has 29 heavy (non-hydrogen) atoms. The van der Waals surface area contributed by atoms with Gasteiger partial charge in [-0.15, -0.1) is 0 Å². The molecule has 1 aliphatic heterocycles. The van der Waals surface area contributed by atoms with Crippen molar-refractivity contribution in [2.24, 2.45) is 0 Å². The Morgan fingerprint density at radius 1 is 0.724 bits per heavy atom. The highest BCUT2D eigenvalue weighted by Crippen LogP contribution is 2.36. The molecule has 2 aromatic heterocycles. The van der Waals surface area contributed by atoms with Gasteiger partial charge in [0.2, 0.25) is 18.4 Å². The Balaban J connectivity index is 1.43. The third-order valence-electron chi connectivity index (χ3n) is 4.31. The van der Waals surface area contributed by atoms with E-state index in [2.05, 4.69) is 20.3 Å². The van der Waals surface area contributed by atoms with Crippen molar-refractivity contribution in [3.05, 3.63) is 36.4 Å². The van der Waals surface area contributed by atoms with Gasteiger partial charge in [0.1, 0.15) is 0 Å². The monoisotopic (exact) mass is 394 g/mol. The van der Waals surface area contributed by atoms with Crippen LogP contribution in [0.25, 0.3) is 34.6 Å². The van der Waals surface area contributed by atoms with Crippen molar-refractivity contribution >= 4 is 0 Å². The van der Waals surface area contributed by atoms with Crippen molar-refractivity contribution in [2.75, 3.05) is 21.0 Å². The second-order valence-electron chi connectivity index (χ2n) is 5.98. The van der Waals surface area contributed by atoms with E-state index in [9.17, 15) is 0 Å². The molecule has 0 unspecified atom stereocenters. The lowest BCUT2D eigenvalue weighted by atomic mass is 10.2. The van der Waals surface area contributed by atoms with Crippen molar-refractivity contribution < 1.29 is 28.0 Å². The smallest absolute Gasteiger partial charge is 0.316 e. The Kier molecular flexibility index (Phi) is 4.01. The highest BCUT2D eigenvalue weighted by molar-refractivity contribution is 5.64. The number of benzene rings is 2. The van der Waals surface area contributed by atoms with Crippen LogP contribution in [0.5, 0.6) is 23.0 Å². The fraction of sp³-hybridized carbons (Fsp3) is 0.158. The fourth-order valence-electron chi connectivity index (χ4n) is 2.87. The molecule has 0 spiro atoms. The normalized spacial score (nSPS) is 12.2. The van der Waals surface area contributed by atoms with E-state index in [4.69, 9.17) is 28.0 Å². The molecule has 10 nitrogen and oxygen atoms in total. The van der Waals surface area contributed by atoms with Crippen LogP contribution in [0.3, 0.4) is 0 Å². The average molecular weight is 394 g/mol. The molecule has 1 aliphatic rings. The summed E-state index contributed by atoms with van der Waals surface area (Å²) in [7, 11) is 3.12. The van der Waals surface area contributed by atoms with Gasteiger partial charge in [0.25, 0.3) is 0 Å². The quantitative estimate of drug-likeness (QED) is 0.500. The summed E-state index contributed by atoms with van der Waals surface area (Å²) in [6.07, 6.45) is 0. The number of ether oxygens (including phenoxy) is 4. The fourth-order valence-corrected chi connectivity index (χ4v) is 2.87. The molecule has 146 valence electrons. The lowest BCUT2D eigenvalue weighted by Gasteiger charge is -2.07. The summed E-state index contributed by atoms with van der Waals surface area (Å²) in [5.41, 5.74) is 1.40. The standard InChI is InChI=1S/C19H14N4O6/c1-24-12-5-3-10(7-14(12)25-2)16-20-18(28-22-16)19-21-17(23-29-19)11-4-6-13-15(8-11)27-9-26-13/h3-8H,9H2,1-2H3. The molecule has 0 N–H and O–H groups in total. The zero-order valence-corrected chi connectivity index (χ0v) is 15.4. The summed E-state index contributed by atoms with van der Waals surface area (Å²) in [5, 5.41) is 7.95. The lowest BCUT2D eigenvalue weighted by Crippen LogP contribution is -1.92. The largest absolute Gasteiger partial charge is 0.493 e. The predicted molar refractivity (Wildman–Crippen MR) is 97.7 cm³/mol. The van der Waals surface area contributed by atoms with E-state index in [1.165, 1.54) is 0 Å². The van der Waals surface area contributed by atoms with Crippen LogP contribution in [-0.4, -0.2) is 41.3 Å². The average Bonchev–Trinajstić information content (AvgIpc) is 3.52. The van der Waals surface area contributed by atoms with Crippen LogP contribution in [0.2, 0.25) is 0 Å². The van der Waals surface area contributed by atoms with Crippen LogP contribution in [-0.2, 0) is 0 Å². The number of aromatic nitrogens is 4. The van der Waals surface area contributed by atoms with Gasteiger partial charge in [-0.25, -0.2) is 0 Å². The number of methoxy groups -OCH3 is 2. The molecule has 5 rings (SSSR count). The zero-order valence-electron chi connectivity index (χ0n) is 15.4. The van der Waals surface area contributed by atoms with Crippen molar-refractivity contribution in [1.29, 1.82) is 0 Å². The first-order valence-corrected chi connectivity index (χ1v) is 8.55. The zero-order chi connectivity index (χ0) is 19.8. The minimum Gasteiger partial charge on any atom is -0.493 e. The second kappa shape index (κ2) is 6.82. The van der Waals surface area contributed by atoms with E-state index >= 15 is 0 Å². The van der Waals surface area contributed by atoms with Crippen molar-refractivity contribution in [3.8, 4) is 57.6 Å². The van der Waals surface area contributed by atoms with Gasteiger partial charge in [0, 0.05) is 11.1 Å².